The molecule has 1 unspecified atom stereocenters. The number of hydrogen-bond acceptors (Lipinski definition) is 1. The maximum absolute atomic E-state index is 10.8. The lowest BCUT2D eigenvalue weighted by Crippen LogP contribution is -2.07. The predicted octanol–water partition coefficient (Wildman–Crippen LogP) is 1.94. The number of carbonyl (C=O) groups excluding carboxylic acids is 1. The van der Waals surface area contributed by atoms with Crippen LogP contribution in [0.5, 0.6) is 0 Å². The second-order valence-electron chi connectivity index (χ2n) is 2.71. The maximum atomic E-state index is 10.8. The normalized spacial score (nSPS) is 9.38. The highest BCUT2D eigenvalue weighted by Crippen LogP contribution is 2.32. The maximum Gasteiger partial charge on any atom is 0.231 e. The van der Waals surface area contributed by atoms with Crippen molar-refractivity contribution >= 4 is 26.8 Å². The van der Waals surface area contributed by atoms with Crippen LogP contribution in [-0.4, -0.2) is 10.2 Å². The van der Waals surface area contributed by atoms with Crippen molar-refractivity contribution in [3.63, 3.8) is 0 Å². The van der Waals surface area contributed by atoms with Gasteiger partial charge in [-0.2, -0.15) is 0 Å². The van der Waals surface area contributed by atoms with Crippen molar-refractivity contribution < 1.29 is 4.79 Å². The van der Waals surface area contributed by atoms with Crippen LogP contribution >= 0.6 is 9.39 Å². The van der Waals surface area contributed by atoms with E-state index in [-0.39, 0.29) is 5.91 Å². The van der Waals surface area contributed by atoms with E-state index in [0.717, 1.165) is 5.56 Å². The first-order valence-corrected chi connectivity index (χ1v) is 4.20. The quantitative estimate of drug-likeness (QED) is 0.539. The zero-order valence-corrected chi connectivity index (χ0v) is 8.61. The van der Waals surface area contributed by atoms with E-state index in [4.69, 9.17) is 6.57 Å². The van der Waals surface area contributed by atoms with Gasteiger partial charge < -0.3 is 9.65 Å². The summed E-state index contributed by atoms with van der Waals surface area (Å²) in [5, 5.41) is 2.60. The van der Waals surface area contributed by atoms with Crippen LogP contribution in [0.3, 0.4) is 0 Å². The molecule has 1 rings (SSSR count). The minimum atomic E-state index is -0.174. The van der Waals surface area contributed by atoms with E-state index in [1.54, 1.807) is 10.5 Å². The zero-order chi connectivity index (χ0) is 10.0. The van der Waals surface area contributed by atoms with Crippen LogP contribution in [0.4, 0.5) is 11.5 Å². The predicted molar refractivity (Wildman–Crippen MR) is 54.8 cm³/mol. The molecule has 0 fully saturated rings. The molecule has 0 saturated carbocycles. The van der Waals surface area contributed by atoms with Gasteiger partial charge in [0.2, 0.25) is 11.6 Å². The SMILES string of the molecule is [C-]#[N+]c1c(C)cn(P)c1NC(C)=O. The molecule has 1 aromatic rings. The van der Waals surface area contributed by atoms with Gasteiger partial charge in [0.25, 0.3) is 0 Å². The van der Waals surface area contributed by atoms with Gasteiger partial charge in [-0.1, -0.05) is 0 Å². The monoisotopic (exact) mass is 195 g/mol. The fourth-order valence-electron chi connectivity index (χ4n) is 1.07. The number of anilines is 1. The van der Waals surface area contributed by atoms with Crippen LogP contribution in [-0.2, 0) is 4.79 Å². The highest BCUT2D eigenvalue weighted by atomic mass is 31.0. The van der Waals surface area contributed by atoms with Crippen molar-refractivity contribution in [1.29, 1.82) is 0 Å². The third-order valence-electron chi connectivity index (χ3n) is 1.59. The Balaban J connectivity index is 3.19. The van der Waals surface area contributed by atoms with E-state index in [9.17, 15) is 4.79 Å². The molecule has 68 valence electrons. The number of rotatable bonds is 1. The summed E-state index contributed by atoms with van der Waals surface area (Å²) < 4.78 is 1.66. The van der Waals surface area contributed by atoms with E-state index in [0.29, 0.717) is 11.5 Å². The van der Waals surface area contributed by atoms with Crippen LogP contribution in [0.25, 0.3) is 4.85 Å². The summed E-state index contributed by atoms with van der Waals surface area (Å²) in [5.74, 6) is 0.358. The fourth-order valence-corrected chi connectivity index (χ4v) is 1.49. The second kappa shape index (κ2) is 3.59. The average Bonchev–Trinajstić information content (AvgIpc) is 2.26. The average molecular weight is 195 g/mol. The van der Waals surface area contributed by atoms with Gasteiger partial charge in [-0.05, 0) is 21.9 Å². The summed E-state index contributed by atoms with van der Waals surface area (Å²) in [7, 11) is 2.42. The Kier molecular flexibility index (Phi) is 2.69. The first-order chi connectivity index (χ1) is 6.06. The van der Waals surface area contributed by atoms with Crippen molar-refractivity contribution in [2.75, 3.05) is 5.32 Å². The number of carbonyl (C=O) groups is 1. The van der Waals surface area contributed by atoms with Gasteiger partial charge in [0.1, 0.15) is 5.82 Å². The molecule has 13 heavy (non-hydrogen) atoms. The number of nitrogens with one attached hydrogen (secondary N) is 1. The molecule has 0 spiro atoms. The molecule has 0 aliphatic heterocycles. The number of aromatic nitrogens is 1. The molecule has 1 aromatic heterocycles. The van der Waals surface area contributed by atoms with Gasteiger partial charge in [0.15, 0.2) is 0 Å². The molecule has 0 aliphatic carbocycles. The minimum absolute atomic E-state index is 0.174. The Morgan fingerprint density at radius 2 is 2.38 bits per heavy atom. The van der Waals surface area contributed by atoms with E-state index < -0.39 is 0 Å². The molecule has 1 heterocycles. The molecule has 1 amide bonds. The van der Waals surface area contributed by atoms with Gasteiger partial charge in [-0.15, -0.1) is 0 Å². The first-order valence-electron chi connectivity index (χ1n) is 3.68. The summed E-state index contributed by atoms with van der Waals surface area (Å²) >= 11 is 0. The molecule has 5 heteroatoms. The standard InChI is InChI=1S/C8H10N3OP/c1-5-4-11(13)8(7(5)9-3)10-6(2)12/h4H,13H2,1-2H3,(H,10,12). The summed E-state index contributed by atoms with van der Waals surface area (Å²) in [5.41, 5.74) is 1.35. The van der Waals surface area contributed by atoms with Gasteiger partial charge >= 0.3 is 0 Å². The Hall–Kier alpha value is -1.33. The number of hydrogen-bond donors (Lipinski definition) is 1. The minimum Gasteiger partial charge on any atom is -0.329 e. The van der Waals surface area contributed by atoms with Crippen LogP contribution in [0, 0.1) is 13.5 Å². The van der Waals surface area contributed by atoms with E-state index >= 15 is 0 Å². The van der Waals surface area contributed by atoms with E-state index in [1.807, 2.05) is 6.92 Å². The topological polar surface area (TPSA) is 38.4 Å². The molecule has 1 atom stereocenters. The molecule has 1 N–H and O–H groups in total. The van der Waals surface area contributed by atoms with Crippen molar-refractivity contribution in [1.82, 2.24) is 4.34 Å². The van der Waals surface area contributed by atoms with Gasteiger partial charge in [-0.25, -0.2) is 4.85 Å². The lowest BCUT2D eigenvalue weighted by atomic mass is 10.3. The van der Waals surface area contributed by atoms with Crippen molar-refractivity contribution in [2.24, 2.45) is 0 Å². The third-order valence-corrected chi connectivity index (χ3v) is 2.00. The van der Waals surface area contributed by atoms with E-state index in [1.165, 1.54) is 6.92 Å². The van der Waals surface area contributed by atoms with Crippen molar-refractivity contribution in [3.05, 3.63) is 23.2 Å². The highest BCUT2D eigenvalue weighted by Gasteiger charge is 2.11. The van der Waals surface area contributed by atoms with E-state index in [2.05, 4.69) is 19.6 Å². The van der Waals surface area contributed by atoms with Gasteiger partial charge in [0, 0.05) is 13.1 Å². The largest absolute Gasteiger partial charge is 0.329 e. The third kappa shape index (κ3) is 1.88. The summed E-state index contributed by atoms with van der Waals surface area (Å²) in [6, 6.07) is 0. The number of nitrogens with zero attached hydrogens (tertiary/aromatic N) is 2. The summed E-state index contributed by atoms with van der Waals surface area (Å²) in [6.45, 7) is 10.2. The van der Waals surface area contributed by atoms with Crippen molar-refractivity contribution in [2.45, 2.75) is 13.8 Å². The Morgan fingerprint density at radius 3 is 2.85 bits per heavy atom. The Bertz CT molecular complexity index is 389. The zero-order valence-electron chi connectivity index (χ0n) is 7.46. The molecule has 0 aromatic carbocycles. The van der Waals surface area contributed by atoms with Crippen molar-refractivity contribution in [3.8, 4) is 0 Å². The Labute approximate surface area is 79.0 Å². The molecule has 0 saturated heterocycles. The summed E-state index contributed by atoms with van der Waals surface area (Å²) in [4.78, 5) is 14.2. The lowest BCUT2D eigenvalue weighted by Gasteiger charge is -2.03. The highest BCUT2D eigenvalue weighted by molar-refractivity contribution is 7.14. The number of amides is 1. The molecule has 0 radical (unpaired) electrons. The van der Waals surface area contributed by atoms with Gasteiger partial charge in [0.05, 0.1) is 6.57 Å². The second-order valence-corrected chi connectivity index (χ2v) is 3.27. The fraction of sp³-hybridized carbons (Fsp3) is 0.250. The molecular weight excluding hydrogens is 185 g/mol. The molecular formula is C8H10N3OP. The lowest BCUT2D eigenvalue weighted by molar-refractivity contribution is -0.114. The molecule has 0 bridgehead atoms. The van der Waals surface area contributed by atoms with Crippen LogP contribution in [0.1, 0.15) is 12.5 Å². The van der Waals surface area contributed by atoms with Crippen LogP contribution in [0.2, 0.25) is 0 Å². The van der Waals surface area contributed by atoms with Crippen LogP contribution in [0.15, 0.2) is 6.20 Å². The molecule has 0 aliphatic rings. The van der Waals surface area contributed by atoms with Crippen LogP contribution < -0.4 is 5.32 Å². The Morgan fingerprint density at radius 1 is 1.77 bits per heavy atom. The summed E-state index contributed by atoms with van der Waals surface area (Å²) in [6.07, 6.45) is 1.78. The smallest absolute Gasteiger partial charge is 0.231 e. The number of aryl methyl sites for hydroxylation is 1. The molecule has 4 nitrogen and oxygen atoms in total. The van der Waals surface area contributed by atoms with Gasteiger partial charge in [-0.3, -0.25) is 4.79 Å². The first kappa shape index (κ1) is 9.76.